The van der Waals surface area contributed by atoms with E-state index in [1.807, 2.05) is 23.6 Å². The number of aromatic nitrogens is 2. The Kier molecular flexibility index (Phi) is 5.35. The summed E-state index contributed by atoms with van der Waals surface area (Å²) in [7, 11) is 0. The SMILES string of the molecule is CCc1ccc2c(-c3cccc(F)c3)c(CCCCC(=O)O)c(C)nn12. The first-order valence-electron chi connectivity index (χ1n) is 8.99. The van der Waals surface area contributed by atoms with Crippen LogP contribution in [0.1, 0.15) is 43.1 Å². The zero-order chi connectivity index (χ0) is 18.7. The molecule has 5 heteroatoms. The molecule has 0 aliphatic heterocycles. The molecule has 0 unspecified atom stereocenters. The van der Waals surface area contributed by atoms with E-state index in [4.69, 9.17) is 10.2 Å². The van der Waals surface area contributed by atoms with E-state index in [1.54, 1.807) is 12.1 Å². The highest BCUT2D eigenvalue weighted by molar-refractivity contribution is 5.84. The summed E-state index contributed by atoms with van der Waals surface area (Å²) in [6.45, 7) is 4.05. The molecule has 0 spiro atoms. The van der Waals surface area contributed by atoms with E-state index in [2.05, 4.69) is 13.0 Å². The van der Waals surface area contributed by atoms with Crippen LogP contribution in [-0.2, 0) is 17.6 Å². The second-order valence-corrected chi connectivity index (χ2v) is 6.53. The Morgan fingerprint density at radius 3 is 2.73 bits per heavy atom. The Morgan fingerprint density at radius 2 is 2.04 bits per heavy atom. The van der Waals surface area contributed by atoms with Gasteiger partial charge in [0, 0.05) is 17.7 Å². The number of aliphatic carboxylic acids is 1. The van der Waals surface area contributed by atoms with Crippen LogP contribution in [0, 0.1) is 12.7 Å². The summed E-state index contributed by atoms with van der Waals surface area (Å²) in [6.07, 6.45) is 3.12. The van der Waals surface area contributed by atoms with Crippen molar-refractivity contribution in [2.24, 2.45) is 0 Å². The highest BCUT2D eigenvalue weighted by Gasteiger charge is 2.17. The molecule has 2 heterocycles. The summed E-state index contributed by atoms with van der Waals surface area (Å²) >= 11 is 0. The molecule has 136 valence electrons. The standard InChI is InChI=1S/C21H23FN2O2/c1-3-17-11-12-19-21(15-7-6-8-16(22)13-15)18(14(2)23-24(17)19)9-4-5-10-20(25)26/h6-8,11-13H,3-5,9-10H2,1-2H3,(H,25,26). The largest absolute Gasteiger partial charge is 0.481 e. The summed E-state index contributed by atoms with van der Waals surface area (Å²) in [5.41, 5.74) is 5.86. The topological polar surface area (TPSA) is 54.6 Å². The molecule has 1 aromatic carbocycles. The Labute approximate surface area is 152 Å². The van der Waals surface area contributed by atoms with E-state index in [9.17, 15) is 9.18 Å². The van der Waals surface area contributed by atoms with Gasteiger partial charge < -0.3 is 5.11 Å². The zero-order valence-corrected chi connectivity index (χ0v) is 15.1. The van der Waals surface area contributed by atoms with E-state index < -0.39 is 5.97 Å². The van der Waals surface area contributed by atoms with Crippen LogP contribution in [-0.4, -0.2) is 20.7 Å². The van der Waals surface area contributed by atoms with Gasteiger partial charge >= 0.3 is 5.97 Å². The molecule has 2 aromatic heterocycles. The lowest BCUT2D eigenvalue weighted by Crippen LogP contribution is -2.06. The highest BCUT2D eigenvalue weighted by Crippen LogP contribution is 2.32. The van der Waals surface area contributed by atoms with E-state index in [0.717, 1.165) is 52.9 Å². The first-order valence-corrected chi connectivity index (χ1v) is 8.99. The number of carboxylic acid groups (broad SMARTS) is 1. The maximum atomic E-state index is 13.9. The summed E-state index contributed by atoms with van der Waals surface area (Å²) in [6, 6.07) is 10.7. The lowest BCUT2D eigenvalue weighted by atomic mass is 9.94. The number of hydrogen-bond donors (Lipinski definition) is 1. The fourth-order valence-electron chi connectivity index (χ4n) is 3.44. The van der Waals surface area contributed by atoms with E-state index in [0.29, 0.717) is 6.42 Å². The normalized spacial score (nSPS) is 11.2. The van der Waals surface area contributed by atoms with Gasteiger partial charge in [0.2, 0.25) is 0 Å². The molecule has 26 heavy (non-hydrogen) atoms. The van der Waals surface area contributed by atoms with Crippen molar-refractivity contribution < 1.29 is 14.3 Å². The maximum absolute atomic E-state index is 13.9. The number of aryl methyl sites for hydroxylation is 2. The molecular weight excluding hydrogens is 331 g/mol. The minimum absolute atomic E-state index is 0.162. The van der Waals surface area contributed by atoms with Gasteiger partial charge in [0.1, 0.15) is 5.82 Å². The van der Waals surface area contributed by atoms with E-state index in [1.165, 1.54) is 6.07 Å². The molecule has 0 saturated heterocycles. The van der Waals surface area contributed by atoms with Crippen molar-refractivity contribution in [2.75, 3.05) is 0 Å². The average molecular weight is 354 g/mol. The molecular formula is C21H23FN2O2. The van der Waals surface area contributed by atoms with Gasteiger partial charge in [0.05, 0.1) is 11.2 Å². The van der Waals surface area contributed by atoms with Gasteiger partial charge in [-0.3, -0.25) is 4.79 Å². The molecule has 0 atom stereocenters. The van der Waals surface area contributed by atoms with Crippen molar-refractivity contribution in [1.82, 2.24) is 9.61 Å². The first kappa shape index (κ1) is 18.1. The third-order valence-electron chi connectivity index (χ3n) is 4.72. The number of halogens is 1. The van der Waals surface area contributed by atoms with Crippen LogP contribution in [0.25, 0.3) is 16.6 Å². The maximum Gasteiger partial charge on any atom is 0.303 e. The summed E-state index contributed by atoms with van der Waals surface area (Å²) in [4.78, 5) is 10.8. The lowest BCUT2D eigenvalue weighted by molar-refractivity contribution is -0.137. The van der Waals surface area contributed by atoms with Crippen LogP contribution in [0.4, 0.5) is 4.39 Å². The first-order chi connectivity index (χ1) is 12.5. The molecule has 0 saturated carbocycles. The second-order valence-electron chi connectivity index (χ2n) is 6.53. The molecule has 0 amide bonds. The number of benzene rings is 1. The number of fused-ring (bicyclic) bond motifs is 1. The van der Waals surface area contributed by atoms with Crippen molar-refractivity contribution in [3.05, 3.63) is 59.2 Å². The molecule has 4 nitrogen and oxygen atoms in total. The molecule has 0 radical (unpaired) electrons. The number of carboxylic acids is 1. The monoisotopic (exact) mass is 354 g/mol. The Balaban J connectivity index is 2.11. The van der Waals surface area contributed by atoms with Crippen LogP contribution < -0.4 is 0 Å². The van der Waals surface area contributed by atoms with Crippen molar-refractivity contribution in [3.63, 3.8) is 0 Å². The Hall–Kier alpha value is -2.69. The molecule has 0 fully saturated rings. The third kappa shape index (κ3) is 3.62. The molecule has 3 aromatic rings. The quantitative estimate of drug-likeness (QED) is 0.620. The molecule has 0 aliphatic rings. The third-order valence-corrected chi connectivity index (χ3v) is 4.72. The summed E-state index contributed by atoms with van der Waals surface area (Å²) in [5, 5.41) is 13.6. The number of carbonyl (C=O) groups is 1. The molecule has 0 bridgehead atoms. The van der Waals surface area contributed by atoms with Gasteiger partial charge in [-0.2, -0.15) is 5.10 Å². The highest BCUT2D eigenvalue weighted by atomic mass is 19.1. The van der Waals surface area contributed by atoms with Gasteiger partial charge in [0.15, 0.2) is 0 Å². The van der Waals surface area contributed by atoms with Crippen molar-refractivity contribution in [3.8, 4) is 11.1 Å². The van der Waals surface area contributed by atoms with E-state index in [-0.39, 0.29) is 12.2 Å². The smallest absolute Gasteiger partial charge is 0.303 e. The predicted molar refractivity (Wildman–Crippen MR) is 99.9 cm³/mol. The molecule has 3 rings (SSSR count). The van der Waals surface area contributed by atoms with Gasteiger partial charge in [-0.1, -0.05) is 19.1 Å². The summed E-state index contributed by atoms with van der Waals surface area (Å²) < 4.78 is 15.8. The zero-order valence-electron chi connectivity index (χ0n) is 15.1. The Bertz CT molecular complexity index is 947. The van der Waals surface area contributed by atoms with Crippen LogP contribution in [0.2, 0.25) is 0 Å². The Morgan fingerprint density at radius 1 is 1.23 bits per heavy atom. The van der Waals surface area contributed by atoms with Gasteiger partial charge in [0.25, 0.3) is 0 Å². The predicted octanol–water partition coefficient (Wildman–Crippen LogP) is 4.81. The van der Waals surface area contributed by atoms with Crippen LogP contribution in [0.15, 0.2) is 36.4 Å². The minimum atomic E-state index is -0.778. The van der Waals surface area contributed by atoms with Crippen molar-refractivity contribution >= 4 is 11.5 Å². The van der Waals surface area contributed by atoms with Crippen LogP contribution in [0.3, 0.4) is 0 Å². The van der Waals surface area contributed by atoms with Gasteiger partial charge in [-0.15, -0.1) is 0 Å². The lowest BCUT2D eigenvalue weighted by Gasteiger charge is -2.16. The number of rotatable bonds is 7. The minimum Gasteiger partial charge on any atom is -0.481 e. The van der Waals surface area contributed by atoms with Crippen molar-refractivity contribution in [1.29, 1.82) is 0 Å². The second kappa shape index (κ2) is 7.68. The summed E-state index contributed by atoms with van der Waals surface area (Å²) in [5.74, 6) is -1.05. The van der Waals surface area contributed by atoms with Crippen LogP contribution in [0.5, 0.6) is 0 Å². The fourth-order valence-corrected chi connectivity index (χ4v) is 3.44. The molecule has 0 aliphatic carbocycles. The van der Waals surface area contributed by atoms with Crippen LogP contribution >= 0.6 is 0 Å². The van der Waals surface area contributed by atoms with E-state index >= 15 is 0 Å². The molecule has 1 N–H and O–H groups in total. The average Bonchev–Trinajstić information content (AvgIpc) is 3.00. The number of unbranched alkanes of at least 4 members (excludes halogenated alkanes) is 1. The van der Waals surface area contributed by atoms with Crippen molar-refractivity contribution in [2.45, 2.75) is 46.0 Å². The number of nitrogens with zero attached hydrogens (tertiary/aromatic N) is 2. The number of hydrogen-bond acceptors (Lipinski definition) is 2. The fraction of sp³-hybridized carbons (Fsp3) is 0.333. The van der Waals surface area contributed by atoms with Gasteiger partial charge in [-0.05, 0) is 68.0 Å². The van der Waals surface area contributed by atoms with Gasteiger partial charge in [-0.25, -0.2) is 8.91 Å².